The van der Waals surface area contributed by atoms with Crippen LogP contribution in [-0.4, -0.2) is 24.0 Å². The fraction of sp³-hybridized carbons (Fsp3) is 0.286. The highest BCUT2D eigenvalue weighted by atomic mass is 16.2. The molecule has 2 N–H and O–H groups in total. The quantitative estimate of drug-likeness (QED) is 0.483. The fourth-order valence-corrected chi connectivity index (χ4v) is 1.16. The number of rotatable bonds is 0. The summed E-state index contributed by atoms with van der Waals surface area (Å²) in [5.74, 6) is 0.0486. The molecule has 0 aromatic rings. The van der Waals surface area contributed by atoms with E-state index in [-0.39, 0.29) is 5.91 Å². The van der Waals surface area contributed by atoms with E-state index in [4.69, 9.17) is 0 Å². The maximum absolute atomic E-state index is 11.0. The van der Waals surface area contributed by atoms with E-state index >= 15 is 0 Å². The molecule has 0 bridgehead atoms. The number of nitrogens with zero attached hydrogens (tertiary/aromatic N) is 1. The number of hydrogen-bond acceptors (Lipinski definition) is 3. The summed E-state index contributed by atoms with van der Waals surface area (Å²) in [6.45, 7) is 1.01. The second-order valence-electron chi connectivity index (χ2n) is 2.48. The molecule has 0 fully saturated rings. The lowest BCUT2D eigenvalue weighted by Gasteiger charge is -2.16. The van der Waals surface area contributed by atoms with Crippen molar-refractivity contribution >= 4 is 5.91 Å². The normalized spacial score (nSPS) is 21.6. The van der Waals surface area contributed by atoms with E-state index in [1.165, 1.54) is 0 Å². The van der Waals surface area contributed by atoms with Crippen LogP contribution in [0, 0.1) is 0 Å². The Kier molecular flexibility index (Phi) is 1.31. The molecule has 2 aliphatic heterocycles. The largest absolute Gasteiger partial charge is 0.351 e. The third-order valence-corrected chi connectivity index (χ3v) is 1.71. The number of hydrazine groups is 1. The maximum atomic E-state index is 11.0. The van der Waals surface area contributed by atoms with Crippen LogP contribution < -0.4 is 10.7 Å². The van der Waals surface area contributed by atoms with Crippen LogP contribution in [0.25, 0.3) is 0 Å². The lowest BCUT2D eigenvalue weighted by molar-refractivity contribution is -0.121. The third kappa shape index (κ3) is 1.07. The highest BCUT2D eigenvalue weighted by Gasteiger charge is 2.16. The highest BCUT2D eigenvalue weighted by Crippen LogP contribution is 2.09. The number of amides is 1. The van der Waals surface area contributed by atoms with Gasteiger partial charge in [-0.3, -0.25) is 9.80 Å². The lowest BCUT2D eigenvalue weighted by Crippen LogP contribution is -2.37. The summed E-state index contributed by atoms with van der Waals surface area (Å²) in [7, 11) is 0. The molecular formula is C7H9N3O. The van der Waals surface area contributed by atoms with Gasteiger partial charge >= 0.3 is 0 Å². The topological polar surface area (TPSA) is 44.4 Å². The molecule has 2 aliphatic rings. The van der Waals surface area contributed by atoms with Gasteiger partial charge in [-0.1, -0.05) is 0 Å². The lowest BCUT2D eigenvalue weighted by atomic mass is 10.4. The van der Waals surface area contributed by atoms with Crippen molar-refractivity contribution < 1.29 is 4.79 Å². The Morgan fingerprint density at radius 3 is 3.36 bits per heavy atom. The Bertz CT molecular complexity index is 244. The third-order valence-electron chi connectivity index (χ3n) is 1.71. The first-order valence-corrected chi connectivity index (χ1v) is 3.53. The number of allylic oxidation sites excluding steroid dienone is 1. The molecule has 11 heavy (non-hydrogen) atoms. The van der Waals surface area contributed by atoms with Crippen molar-refractivity contribution in [1.82, 2.24) is 15.8 Å². The first-order valence-electron chi connectivity index (χ1n) is 3.53. The van der Waals surface area contributed by atoms with Gasteiger partial charge in [0.25, 0.3) is 0 Å². The van der Waals surface area contributed by atoms with Crippen molar-refractivity contribution in [2.24, 2.45) is 0 Å². The number of carbonyl (C=O) groups excluding carboxylic acids is 1. The minimum Gasteiger partial charge on any atom is -0.351 e. The predicted octanol–water partition coefficient (Wildman–Crippen LogP) is -0.666. The van der Waals surface area contributed by atoms with E-state index in [0.29, 0.717) is 13.1 Å². The van der Waals surface area contributed by atoms with Crippen molar-refractivity contribution in [3.63, 3.8) is 0 Å². The minimum absolute atomic E-state index is 0.0486. The van der Waals surface area contributed by atoms with Crippen LogP contribution in [0.5, 0.6) is 0 Å². The predicted molar refractivity (Wildman–Crippen MR) is 40.1 cm³/mol. The van der Waals surface area contributed by atoms with Crippen molar-refractivity contribution in [3.05, 3.63) is 24.0 Å². The molecule has 0 radical (unpaired) electrons. The Morgan fingerprint density at radius 1 is 1.55 bits per heavy atom. The van der Waals surface area contributed by atoms with Gasteiger partial charge in [0.05, 0.1) is 5.70 Å². The maximum Gasteiger partial charge on any atom is 0.241 e. The second kappa shape index (κ2) is 2.30. The highest BCUT2D eigenvalue weighted by molar-refractivity contribution is 5.79. The van der Waals surface area contributed by atoms with Gasteiger partial charge in [0.2, 0.25) is 5.91 Å². The molecule has 0 spiro atoms. The van der Waals surface area contributed by atoms with E-state index in [9.17, 15) is 4.79 Å². The monoisotopic (exact) mass is 151 g/mol. The van der Waals surface area contributed by atoms with E-state index in [1.54, 1.807) is 0 Å². The van der Waals surface area contributed by atoms with Crippen LogP contribution in [0.15, 0.2) is 24.0 Å². The molecule has 2 rings (SSSR count). The average Bonchev–Trinajstić information content (AvgIpc) is 2.31. The van der Waals surface area contributed by atoms with E-state index < -0.39 is 0 Å². The zero-order chi connectivity index (χ0) is 7.68. The van der Waals surface area contributed by atoms with Gasteiger partial charge < -0.3 is 10.7 Å². The van der Waals surface area contributed by atoms with Crippen LogP contribution in [0.4, 0.5) is 0 Å². The smallest absolute Gasteiger partial charge is 0.241 e. The zero-order valence-electron chi connectivity index (χ0n) is 6.00. The molecule has 0 aromatic heterocycles. The number of carbonyl (C=O) groups is 1. The van der Waals surface area contributed by atoms with Gasteiger partial charge in [-0.15, -0.1) is 0 Å². The molecule has 58 valence electrons. The summed E-state index contributed by atoms with van der Waals surface area (Å²) in [5.41, 5.74) is 4.01. The summed E-state index contributed by atoms with van der Waals surface area (Å²) in [5, 5.41) is 4.55. The molecule has 4 nitrogen and oxygen atoms in total. The van der Waals surface area contributed by atoms with Crippen molar-refractivity contribution in [1.29, 1.82) is 0 Å². The first-order chi connectivity index (χ1) is 5.36. The molecule has 0 aliphatic carbocycles. The van der Waals surface area contributed by atoms with Crippen molar-refractivity contribution in [2.45, 2.75) is 0 Å². The average molecular weight is 151 g/mol. The molecule has 0 saturated heterocycles. The van der Waals surface area contributed by atoms with Crippen LogP contribution in [0.2, 0.25) is 0 Å². The molecule has 0 saturated carbocycles. The van der Waals surface area contributed by atoms with E-state index in [2.05, 4.69) is 10.7 Å². The minimum atomic E-state index is 0.0486. The summed E-state index contributed by atoms with van der Waals surface area (Å²) in [6.07, 6.45) is 5.74. The Labute approximate surface area is 64.5 Å². The van der Waals surface area contributed by atoms with Gasteiger partial charge in [0.15, 0.2) is 0 Å². The second-order valence-corrected chi connectivity index (χ2v) is 2.48. The first kappa shape index (κ1) is 6.27. The van der Waals surface area contributed by atoms with Crippen LogP contribution >= 0.6 is 0 Å². The number of nitrogens with one attached hydrogen (secondary N) is 2. The van der Waals surface area contributed by atoms with Crippen LogP contribution in [0.1, 0.15) is 0 Å². The molecule has 1 amide bonds. The molecule has 2 heterocycles. The SMILES string of the molecule is O=C1CN2NC=CC2=CCN1. The van der Waals surface area contributed by atoms with Crippen molar-refractivity contribution in [2.75, 3.05) is 13.1 Å². The molecule has 0 aromatic carbocycles. The summed E-state index contributed by atoms with van der Waals surface area (Å²) >= 11 is 0. The van der Waals surface area contributed by atoms with Gasteiger partial charge in [-0.25, -0.2) is 0 Å². The Balaban J connectivity index is 2.19. The van der Waals surface area contributed by atoms with E-state index in [1.807, 2.05) is 23.4 Å². The number of fused-ring (bicyclic) bond motifs is 1. The Morgan fingerprint density at radius 2 is 2.45 bits per heavy atom. The van der Waals surface area contributed by atoms with Gasteiger partial charge in [0, 0.05) is 12.7 Å². The van der Waals surface area contributed by atoms with Gasteiger partial charge in [-0.05, 0) is 12.2 Å². The molecule has 0 unspecified atom stereocenters. The summed E-state index contributed by atoms with van der Waals surface area (Å²) < 4.78 is 0. The Hall–Kier alpha value is -1.45. The zero-order valence-corrected chi connectivity index (χ0v) is 6.00. The summed E-state index contributed by atoms with van der Waals surface area (Å²) in [4.78, 5) is 11.0. The number of hydrogen-bond donors (Lipinski definition) is 2. The molecule has 0 atom stereocenters. The fourth-order valence-electron chi connectivity index (χ4n) is 1.16. The molecule has 4 heteroatoms. The standard InChI is InChI=1S/C7H9N3O/c11-7-5-10-6(1-3-8-7)2-4-9-10/h1-2,4,9H,3,5H2,(H,8,11). The van der Waals surface area contributed by atoms with Crippen molar-refractivity contribution in [3.8, 4) is 0 Å². The van der Waals surface area contributed by atoms with Crippen LogP contribution in [-0.2, 0) is 4.79 Å². The van der Waals surface area contributed by atoms with Crippen LogP contribution in [0.3, 0.4) is 0 Å². The van der Waals surface area contributed by atoms with Gasteiger partial charge in [0.1, 0.15) is 6.54 Å². The van der Waals surface area contributed by atoms with Gasteiger partial charge in [-0.2, -0.15) is 0 Å². The summed E-state index contributed by atoms with van der Waals surface area (Å²) in [6, 6.07) is 0. The van der Waals surface area contributed by atoms with E-state index in [0.717, 1.165) is 5.70 Å². The molecular weight excluding hydrogens is 142 g/mol.